The fraction of sp³-hybridized carbons (Fsp3) is 0.926. The summed E-state index contributed by atoms with van der Waals surface area (Å²) in [5, 5.41) is 31.1. The van der Waals surface area contributed by atoms with Gasteiger partial charge in [-0.25, -0.2) is 4.68 Å². The Morgan fingerprint density at radius 3 is 2.53 bits per heavy atom. The zero-order valence-corrected chi connectivity index (χ0v) is 20.1. The fourth-order valence-corrected chi connectivity index (χ4v) is 9.69. The first-order chi connectivity index (χ1) is 15.4. The first-order valence-corrected chi connectivity index (χ1v) is 13.7. The molecule has 5 aliphatic carbocycles. The Morgan fingerprint density at radius 2 is 1.72 bits per heavy atom. The summed E-state index contributed by atoms with van der Waals surface area (Å²) in [5.41, 5.74) is 1.47. The van der Waals surface area contributed by atoms with Crippen LogP contribution in [-0.4, -0.2) is 37.4 Å². The summed E-state index contributed by atoms with van der Waals surface area (Å²) < 4.78 is 2.19. The molecule has 0 aliphatic heterocycles. The van der Waals surface area contributed by atoms with E-state index in [0.29, 0.717) is 29.6 Å². The van der Waals surface area contributed by atoms with Gasteiger partial charge in [0, 0.05) is 12.1 Å². The Balaban J connectivity index is 1.33. The predicted octanol–water partition coefficient (Wildman–Crippen LogP) is 5.24. The lowest BCUT2D eigenvalue weighted by Gasteiger charge is -2.62. The van der Waals surface area contributed by atoms with Gasteiger partial charge < -0.3 is 10.2 Å². The van der Waals surface area contributed by atoms with Crippen LogP contribution in [0.15, 0.2) is 6.20 Å². The molecule has 1 aromatic heterocycles. The molecular weight excluding hydrogens is 398 g/mol. The summed E-state index contributed by atoms with van der Waals surface area (Å²) in [5.74, 6) is 3.19. The van der Waals surface area contributed by atoms with Crippen molar-refractivity contribution < 1.29 is 10.2 Å². The number of nitrogens with zero attached hydrogens (tertiary/aromatic N) is 3. The summed E-state index contributed by atoms with van der Waals surface area (Å²) in [6.07, 6.45) is 17.2. The van der Waals surface area contributed by atoms with Gasteiger partial charge in [0.05, 0.1) is 23.9 Å². The highest BCUT2D eigenvalue weighted by molar-refractivity contribution is 5.13. The van der Waals surface area contributed by atoms with E-state index in [4.69, 9.17) is 5.21 Å². The molecule has 1 heterocycles. The van der Waals surface area contributed by atoms with E-state index in [0.717, 1.165) is 25.7 Å². The van der Waals surface area contributed by atoms with E-state index in [9.17, 15) is 10.2 Å². The fourth-order valence-electron chi connectivity index (χ4n) is 9.69. The molecule has 0 spiro atoms. The molecule has 32 heavy (non-hydrogen) atoms. The minimum atomic E-state index is -0.223. The third-order valence-corrected chi connectivity index (χ3v) is 11.6. The second kappa shape index (κ2) is 7.80. The topological polar surface area (TPSA) is 71.2 Å². The summed E-state index contributed by atoms with van der Waals surface area (Å²) in [7, 11) is 0. The van der Waals surface area contributed by atoms with Crippen LogP contribution >= 0.6 is 0 Å². The molecule has 178 valence electrons. The largest absolute Gasteiger partial charge is 0.393 e. The zero-order chi connectivity index (χ0) is 22.1. The van der Waals surface area contributed by atoms with Crippen LogP contribution in [-0.2, 0) is 0 Å². The van der Waals surface area contributed by atoms with Crippen LogP contribution in [0.1, 0.15) is 115 Å². The maximum absolute atomic E-state index is 10.9. The standard InChI is InChI=1S/C27H43N3O2/c1-26-13-12-22-20(21(26)10-11-25(26)32)9-8-18-14-19(31)15-24(27(18,22)2)30-16-23(28-29-30)17-6-4-3-5-7-17/h16-22,24-25,31-32H,3-15H2,1-2H3/t18-,19+,20-,21-,22-,24-,25-,26-,27-/m0/s1. The normalized spacial score (nSPS) is 49.3. The molecule has 0 amide bonds. The van der Waals surface area contributed by atoms with E-state index in [2.05, 4.69) is 29.8 Å². The van der Waals surface area contributed by atoms with Gasteiger partial charge in [0.25, 0.3) is 0 Å². The lowest BCUT2D eigenvalue weighted by Crippen LogP contribution is -2.58. The minimum absolute atomic E-state index is 0.115. The Kier molecular flexibility index (Phi) is 5.26. The molecule has 6 rings (SSSR count). The van der Waals surface area contributed by atoms with Crippen molar-refractivity contribution in [2.75, 3.05) is 0 Å². The molecule has 5 fully saturated rings. The molecule has 0 saturated heterocycles. The lowest BCUT2D eigenvalue weighted by atomic mass is 9.44. The maximum atomic E-state index is 10.9. The van der Waals surface area contributed by atoms with E-state index in [1.807, 2.05) is 0 Å². The molecule has 0 aromatic carbocycles. The third-order valence-electron chi connectivity index (χ3n) is 11.6. The van der Waals surface area contributed by atoms with Gasteiger partial charge in [-0.1, -0.05) is 38.3 Å². The van der Waals surface area contributed by atoms with Crippen LogP contribution in [0.3, 0.4) is 0 Å². The van der Waals surface area contributed by atoms with Crippen LogP contribution in [0.4, 0.5) is 0 Å². The van der Waals surface area contributed by atoms with Crippen molar-refractivity contribution in [3.8, 4) is 0 Å². The molecule has 5 heteroatoms. The Morgan fingerprint density at radius 1 is 0.906 bits per heavy atom. The maximum Gasteiger partial charge on any atom is 0.0858 e. The van der Waals surface area contributed by atoms with Gasteiger partial charge in [-0.3, -0.25) is 0 Å². The molecular formula is C27H43N3O2. The van der Waals surface area contributed by atoms with E-state index in [1.165, 1.54) is 63.5 Å². The van der Waals surface area contributed by atoms with Crippen molar-refractivity contribution in [1.82, 2.24) is 15.0 Å². The predicted molar refractivity (Wildman–Crippen MR) is 124 cm³/mol. The van der Waals surface area contributed by atoms with Crippen LogP contribution < -0.4 is 0 Å². The molecule has 5 nitrogen and oxygen atoms in total. The molecule has 5 aliphatic rings. The van der Waals surface area contributed by atoms with Crippen molar-refractivity contribution in [1.29, 1.82) is 0 Å². The van der Waals surface area contributed by atoms with Crippen LogP contribution in [0.2, 0.25) is 0 Å². The number of rotatable bonds is 2. The third kappa shape index (κ3) is 3.09. The molecule has 2 N–H and O–H groups in total. The highest BCUT2D eigenvalue weighted by Crippen LogP contribution is 2.68. The summed E-state index contributed by atoms with van der Waals surface area (Å²) >= 11 is 0. The second-order valence-corrected chi connectivity index (χ2v) is 12.8. The van der Waals surface area contributed by atoms with Crippen molar-refractivity contribution in [2.24, 2.45) is 34.5 Å². The van der Waals surface area contributed by atoms with Gasteiger partial charge in [0.1, 0.15) is 0 Å². The highest BCUT2D eigenvalue weighted by Gasteiger charge is 2.62. The van der Waals surface area contributed by atoms with Gasteiger partial charge in [-0.2, -0.15) is 0 Å². The summed E-state index contributed by atoms with van der Waals surface area (Å²) in [6, 6.07) is 0.240. The van der Waals surface area contributed by atoms with Gasteiger partial charge in [-0.15, -0.1) is 5.10 Å². The van der Waals surface area contributed by atoms with Gasteiger partial charge in [-0.05, 0) is 98.7 Å². The van der Waals surface area contributed by atoms with E-state index in [-0.39, 0.29) is 29.1 Å². The summed E-state index contributed by atoms with van der Waals surface area (Å²) in [4.78, 5) is 0. The number of fused-ring (bicyclic) bond motifs is 5. The molecule has 0 unspecified atom stereocenters. The van der Waals surface area contributed by atoms with Gasteiger partial charge in [0.2, 0.25) is 0 Å². The van der Waals surface area contributed by atoms with Crippen molar-refractivity contribution in [2.45, 2.75) is 121 Å². The van der Waals surface area contributed by atoms with E-state index >= 15 is 0 Å². The average molecular weight is 442 g/mol. The monoisotopic (exact) mass is 441 g/mol. The summed E-state index contributed by atoms with van der Waals surface area (Å²) in [6.45, 7) is 4.91. The molecule has 0 bridgehead atoms. The van der Waals surface area contributed by atoms with Crippen molar-refractivity contribution in [3.05, 3.63) is 11.9 Å². The number of aliphatic hydroxyl groups is 2. The average Bonchev–Trinajstić information content (AvgIpc) is 3.39. The van der Waals surface area contributed by atoms with Crippen LogP contribution in [0.5, 0.6) is 0 Å². The SMILES string of the molecule is C[C@]12CC[C@H]3[C@@H](CC[C@H]4C[C@@H](O)C[C@H](n5cc(C6CCCCC6)nn5)[C@@]43C)[C@@H]1CC[C@@H]2O. The number of aliphatic hydroxyl groups excluding tert-OH is 2. The zero-order valence-electron chi connectivity index (χ0n) is 20.1. The van der Waals surface area contributed by atoms with E-state index in [1.54, 1.807) is 0 Å². The number of aromatic nitrogens is 3. The van der Waals surface area contributed by atoms with Crippen LogP contribution in [0, 0.1) is 34.5 Å². The lowest BCUT2D eigenvalue weighted by molar-refractivity contribution is -0.157. The van der Waals surface area contributed by atoms with Gasteiger partial charge in [0.15, 0.2) is 0 Å². The molecule has 1 aromatic rings. The minimum Gasteiger partial charge on any atom is -0.393 e. The molecule has 0 radical (unpaired) electrons. The Hall–Kier alpha value is -0.940. The molecule has 9 atom stereocenters. The number of hydrogen-bond acceptors (Lipinski definition) is 4. The van der Waals surface area contributed by atoms with Crippen molar-refractivity contribution in [3.63, 3.8) is 0 Å². The van der Waals surface area contributed by atoms with E-state index < -0.39 is 0 Å². The smallest absolute Gasteiger partial charge is 0.0858 e. The number of hydrogen-bond donors (Lipinski definition) is 2. The van der Waals surface area contributed by atoms with Gasteiger partial charge >= 0.3 is 0 Å². The first kappa shape index (κ1) is 21.6. The van der Waals surface area contributed by atoms with Crippen LogP contribution in [0.25, 0.3) is 0 Å². The Labute approximate surface area is 193 Å². The quantitative estimate of drug-likeness (QED) is 0.658. The second-order valence-electron chi connectivity index (χ2n) is 12.8. The Bertz CT molecular complexity index is 835. The first-order valence-electron chi connectivity index (χ1n) is 13.7. The molecule has 5 saturated carbocycles. The highest BCUT2D eigenvalue weighted by atomic mass is 16.3. The van der Waals surface area contributed by atoms with Crippen molar-refractivity contribution >= 4 is 0 Å².